The molecule has 3 heterocycles. The zero-order valence-electron chi connectivity index (χ0n) is 34.9. The Morgan fingerprint density at radius 3 is 2.00 bits per heavy atom. The second kappa shape index (κ2) is 13.2. The third kappa shape index (κ3) is 5.73. The summed E-state index contributed by atoms with van der Waals surface area (Å²) in [4.78, 5) is 4.92. The van der Waals surface area contributed by atoms with E-state index in [4.69, 9.17) is 9.15 Å². The van der Waals surface area contributed by atoms with Crippen LogP contribution in [0.5, 0.6) is 11.5 Å². The van der Waals surface area contributed by atoms with E-state index in [1.165, 1.54) is 60.8 Å². The molecule has 7 aromatic carbocycles. The molecule has 0 saturated heterocycles. The van der Waals surface area contributed by atoms with Crippen LogP contribution in [0.15, 0.2) is 144 Å². The Hall–Kier alpha value is -6.20. The Bertz CT molecular complexity index is 2950. The molecule has 1 aromatic heterocycles. The molecule has 0 saturated carbocycles. The van der Waals surface area contributed by atoms with Crippen LogP contribution in [0.2, 0.25) is 0 Å². The average Bonchev–Trinajstić information content (AvgIpc) is 3.62. The third-order valence-electron chi connectivity index (χ3n) is 13.0. The fraction of sp³-hybridized carbons (Fsp3) is 0.222. The van der Waals surface area contributed by atoms with Crippen molar-refractivity contribution in [2.45, 2.75) is 78.1 Å². The van der Waals surface area contributed by atoms with E-state index in [0.717, 1.165) is 71.1 Å². The van der Waals surface area contributed by atoms with Gasteiger partial charge < -0.3 is 19.0 Å². The van der Waals surface area contributed by atoms with Gasteiger partial charge in [0.05, 0.1) is 22.7 Å². The molecule has 11 rings (SSSR count). The minimum absolute atomic E-state index is 0.0493. The number of rotatable bonds is 4. The monoisotopic (exact) mass is 768 g/mol. The maximum Gasteiger partial charge on any atom is 0.301 e. The summed E-state index contributed by atoms with van der Waals surface area (Å²) in [6.07, 6.45) is 4.29. The van der Waals surface area contributed by atoms with Crippen molar-refractivity contribution in [3.8, 4) is 11.5 Å². The number of nitrogens with zero attached hydrogens (tertiary/aromatic N) is 2. The third-order valence-corrected chi connectivity index (χ3v) is 13.0. The van der Waals surface area contributed by atoms with Gasteiger partial charge in [-0.25, -0.2) is 0 Å². The molecule has 0 spiro atoms. The number of benzene rings is 7. The number of ether oxygens (including phenoxy) is 1. The molecule has 0 bridgehead atoms. The van der Waals surface area contributed by atoms with Crippen LogP contribution in [-0.2, 0) is 23.7 Å². The van der Waals surface area contributed by atoms with Crippen molar-refractivity contribution in [1.29, 1.82) is 0 Å². The molecular formula is C54H49BN2O2. The van der Waals surface area contributed by atoms with E-state index in [1.807, 2.05) is 0 Å². The van der Waals surface area contributed by atoms with Gasteiger partial charge in [-0.3, -0.25) is 0 Å². The molecule has 0 amide bonds. The Balaban J connectivity index is 1.15. The van der Waals surface area contributed by atoms with Gasteiger partial charge in [0.25, 0.3) is 0 Å². The van der Waals surface area contributed by atoms with Gasteiger partial charge in [-0.15, -0.1) is 0 Å². The molecule has 0 radical (unpaired) electrons. The highest BCUT2D eigenvalue weighted by Crippen LogP contribution is 2.49. The first-order chi connectivity index (χ1) is 28.5. The first-order valence-electron chi connectivity index (χ1n) is 21.3. The topological polar surface area (TPSA) is 28.9 Å². The maximum absolute atomic E-state index is 7.27. The summed E-state index contributed by atoms with van der Waals surface area (Å²) < 4.78 is 14.5. The lowest BCUT2D eigenvalue weighted by Crippen LogP contribution is -2.59. The highest BCUT2D eigenvalue weighted by atomic mass is 16.5. The van der Waals surface area contributed by atoms with Crippen molar-refractivity contribution in [2.75, 3.05) is 9.80 Å². The van der Waals surface area contributed by atoms with Crippen LogP contribution in [0.25, 0.3) is 21.5 Å². The molecule has 2 aliphatic heterocycles. The SMILES string of the molecule is CC(C)(C)c1ccc(N(c2ccc3c(c2)Oc2cc(C(C)(C)C)cc4c2B3c2oc3c(c2N4c2cccc4ccccc24)CCCC3)c2cccc3ccccc23)cc1. The Kier molecular flexibility index (Phi) is 8.01. The number of hydrogen-bond donors (Lipinski definition) is 0. The van der Waals surface area contributed by atoms with Crippen LogP contribution >= 0.6 is 0 Å². The summed E-state index contributed by atoms with van der Waals surface area (Å²) in [7, 11) is 0. The molecule has 59 heavy (non-hydrogen) atoms. The zero-order chi connectivity index (χ0) is 40.2. The van der Waals surface area contributed by atoms with Gasteiger partial charge in [0.15, 0.2) is 0 Å². The summed E-state index contributed by atoms with van der Waals surface area (Å²) in [5.74, 6) is 2.91. The van der Waals surface area contributed by atoms with Crippen LogP contribution in [0.4, 0.5) is 34.1 Å². The predicted molar refractivity (Wildman–Crippen MR) is 248 cm³/mol. The Morgan fingerprint density at radius 1 is 0.576 bits per heavy atom. The smallest absolute Gasteiger partial charge is 0.301 e. The van der Waals surface area contributed by atoms with Gasteiger partial charge >= 0.3 is 6.71 Å². The highest BCUT2D eigenvalue weighted by molar-refractivity contribution is 6.98. The van der Waals surface area contributed by atoms with Crippen LogP contribution in [0.1, 0.15) is 76.8 Å². The molecule has 3 aliphatic rings. The molecule has 0 atom stereocenters. The fourth-order valence-electron chi connectivity index (χ4n) is 9.87. The van der Waals surface area contributed by atoms with Crippen molar-refractivity contribution in [3.05, 3.63) is 162 Å². The second-order valence-corrected chi connectivity index (χ2v) is 18.8. The van der Waals surface area contributed by atoms with Crippen molar-refractivity contribution >= 4 is 79.0 Å². The van der Waals surface area contributed by atoms with E-state index in [9.17, 15) is 0 Å². The largest absolute Gasteiger partial charge is 0.473 e. The summed E-state index contributed by atoms with van der Waals surface area (Å²) in [6, 6.07) is 51.4. The van der Waals surface area contributed by atoms with Gasteiger partial charge in [-0.05, 0) is 99.9 Å². The molecule has 0 unspecified atom stereocenters. The van der Waals surface area contributed by atoms with Gasteiger partial charge in [0.1, 0.15) is 17.3 Å². The molecule has 5 heteroatoms. The molecule has 0 fully saturated rings. The van der Waals surface area contributed by atoms with Crippen molar-refractivity contribution < 1.29 is 9.15 Å². The van der Waals surface area contributed by atoms with E-state index in [2.05, 4.69) is 191 Å². The molecule has 0 N–H and O–H groups in total. The summed E-state index contributed by atoms with van der Waals surface area (Å²) in [5.41, 5.74) is 14.0. The fourth-order valence-corrected chi connectivity index (χ4v) is 9.87. The van der Waals surface area contributed by atoms with Crippen LogP contribution in [-0.4, -0.2) is 6.71 Å². The summed E-state index contributed by atoms with van der Waals surface area (Å²) in [6.45, 7) is 13.6. The molecule has 4 nitrogen and oxygen atoms in total. The normalized spacial score (nSPS) is 14.4. The van der Waals surface area contributed by atoms with Crippen LogP contribution in [0.3, 0.4) is 0 Å². The maximum atomic E-state index is 7.27. The quantitative estimate of drug-likeness (QED) is 0.167. The van der Waals surface area contributed by atoms with Gasteiger partial charge in [-0.1, -0.05) is 133 Å². The number of fused-ring (bicyclic) bond motifs is 8. The Morgan fingerprint density at radius 2 is 1.24 bits per heavy atom. The predicted octanol–water partition coefficient (Wildman–Crippen LogP) is 12.9. The minimum Gasteiger partial charge on any atom is -0.473 e. The van der Waals surface area contributed by atoms with Gasteiger partial charge in [0.2, 0.25) is 0 Å². The lowest BCUT2D eigenvalue weighted by atomic mass is 9.36. The van der Waals surface area contributed by atoms with Crippen LogP contribution < -0.4 is 31.1 Å². The zero-order valence-corrected chi connectivity index (χ0v) is 34.9. The van der Waals surface area contributed by atoms with E-state index < -0.39 is 0 Å². The molecule has 1 aliphatic carbocycles. The van der Waals surface area contributed by atoms with Gasteiger partial charge in [-0.2, -0.15) is 0 Å². The highest BCUT2D eigenvalue weighted by Gasteiger charge is 2.47. The standard InChI is InChI=1S/C54H49BN2O2/c1-53(2,3)36-25-27-38(28-26-36)56(44-22-13-17-34-15-7-9-19-40(34)44)39-29-30-43-48(33-39)58-49-32-37(54(4,5)6)31-46-50(49)55(43)52-51(42-21-11-12-24-47(42)59-52)57(46)45-23-14-18-35-16-8-10-20-41(35)45/h7-10,13-20,22-23,25-33H,11-12,21,24H2,1-6H3. The number of hydrogen-bond acceptors (Lipinski definition) is 4. The van der Waals surface area contributed by atoms with E-state index in [1.54, 1.807) is 0 Å². The molecular weight excluding hydrogens is 719 g/mol. The molecule has 290 valence electrons. The lowest BCUT2D eigenvalue weighted by molar-refractivity contribution is 0.481. The average molecular weight is 769 g/mol. The van der Waals surface area contributed by atoms with E-state index in [0.29, 0.717) is 0 Å². The number of anilines is 6. The van der Waals surface area contributed by atoms with E-state index >= 15 is 0 Å². The minimum atomic E-state index is -0.115. The van der Waals surface area contributed by atoms with Gasteiger partial charge in [0, 0.05) is 51.3 Å². The van der Waals surface area contributed by atoms with E-state index in [-0.39, 0.29) is 17.5 Å². The lowest BCUT2D eigenvalue weighted by Gasteiger charge is -2.40. The molecule has 8 aromatic rings. The number of aryl methyl sites for hydroxylation is 1. The first-order valence-corrected chi connectivity index (χ1v) is 21.3. The van der Waals surface area contributed by atoms with Crippen molar-refractivity contribution in [1.82, 2.24) is 0 Å². The first kappa shape index (κ1) is 35.9. The Labute approximate surface area is 348 Å². The summed E-state index contributed by atoms with van der Waals surface area (Å²) in [5, 5.41) is 4.86. The van der Waals surface area contributed by atoms with Crippen molar-refractivity contribution in [2.24, 2.45) is 0 Å². The number of furan rings is 1. The second-order valence-electron chi connectivity index (χ2n) is 18.8. The van der Waals surface area contributed by atoms with Crippen molar-refractivity contribution in [3.63, 3.8) is 0 Å². The summed E-state index contributed by atoms with van der Waals surface area (Å²) >= 11 is 0. The van der Waals surface area contributed by atoms with Crippen LogP contribution in [0, 0.1) is 0 Å².